The number of hydrogen-bond acceptors (Lipinski definition) is 3. The van der Waals surface area contributed by atoms with Crippen LogP contribution in [0.3, 0.4) is 0 Å². The zero-order valence-electron chi connectivity index (χ0n) is 12.1. The third-order valence-corrected chi connectivity index (χ3v) is 6.98. The molecule has 0 saturated heterocycles. The summed E-state index contributed by atoms with van der Waals surface area (Å²) in [4.78, 5) is 0. The van der Waals surface area contributed by atoms with E-state index in [9.17, 15) is 12.8 Å². The van der Waals surface area contributed by atoms with Crippen molar-refractivity contribution in [3.05, 3.63) is 35.6 Å². The summed E-state index contributed by atoms with van der Waals surface area (Å²) in [6, 6.07) is 6.11. The minimum absolute atomic E-state index is 0.350. The van der Waals surface area contributed by atoms with Crippen LogP contribution < -0.4 is 5.73 Å². The summed E-state index contributed by atoms with van der Waals surface area (Å²) in [5.41, 5.74) is 5.74. The first-order valence-corrected chi connectivity index (χ1v) is 7.90. The van der Waals surface area contributed by atoms with Gasteiger partial charge in [-0.3, -0.25) is 5.41 Å². The average Bonchev–Trinajstić information content (AvgIpc) is 2.37. The second-order valence-electron chi connectivity index (χ2n) is 5.48. The van der Waals surface area contributed by atoms with Crippen molar-refractivity contribution in [2.75, 3.05) is 0 Å². The minimum atomic E-state index is -3.72. The molecule has 4 nitrogen and oxygen atoms in total. The Hall–Kier alpha value is -1.43. The summed E-state index contributed by atoms with van der Waals surface area (Å²) in [5.74, 6) is -1.37. The molecule has 0 amide bonds. The molecule has 0 heterocycles. The minimum Gasteiger partial charge on any atom is -0.386 e. The normalized spacial score (nSPS) is 15.7. The fraction of sp³-hybridized carbons (Fsp3) is 0.500. The van der Waals surface area contributed by atoms with Crippen molar-refractivity contribution in [2.24, 2.45) is 5.73 Å². The Balaban J connectivity index is 3.22. The Kier molecular flexibility index (Phi) is 4.59. The van der Waals surface area contributed by atoms with E-state index in [1.165, 1.54) is 26.8 Å². The summed E-state index contributed by atoms with van der Waals surface area (Å²) in [6.07, 6.45) is 0. The SMILES string of the molecule is C[C@H]([C@@H](C)c1ccccc1F)S(=O)(=O)C(C)(C)C(=N)N. The van der Waals surface area contributed by atoms with Crippen LogP contribution in [0.1, 0.15) is 39.2 Å². The molecule has 0 aromatic heterocycles. The summed E-state index contributed by atoms with van der Waals surface area (Å²) >= 11 is 0. The molecule has 1 rings (SSSR count). The van der Waals surface area contributed by atoms with Gasteiger partial charge >= 0.3 is 0 Å². The van der Waals surface area contributed by atoms with Gasteiger partial charge in [-0.2, -0.15) is 0 Å². The van der Waals surface area contributed by atoms with Crippen LogP contribution in [0, 0.1) is 11.2 Å². The molecule has 6 heteroatoms. The molecule has 1 aromatic carbocycles. The van der Waals surface area contributed by atoms with Crippen LogP contribution in [0.5, 0.6) is 0 Å². The number of nitrogens with one attached hydrogen (secondary N) is 1. The zero-order chi connectivity index (χ0) is 15.7. The van der Waals surface area contributed by atoms with Gasteiger partial charge in [-0.25, -0.2) is 12.8 Å². The van der Waals surface area contributed by atoms with Crippen LogP contribution in [-0.4, -0.2) is 24.3 Å². The maximum atomic E-state index is 13.8. The first-order chi connectivity index (χ1) is 9.03. The highest BCUT2D eigenvalue weighted by molar-refractivity contribution is 7.94. The number of halogens is 1. The van der Waals surface area contributed by atoms with Crippen molar-refractivity contribution in [3.8, 4) is 0 Å². The second kappa shape index (κ2) is 5.52. The van der Waals surface area contributed by atoms with Gasteiger partial charge in [0.25, 0.3) is 0 Å². The second-order valence-corrected chi connectivity index (χ2v) is 8.34. The topological polar surface area (TPSA) is 84.0 Å². The Morgan fingerprint density at radius 2 is 1.80 bits per heavy atom. The molecule has 3 N–H and O–H groups in total. The van der Waals surface area contributed by atoms with E-state index in [2.05, 4.69) is 0 Å². The summed E-state index contributed by atoms with van der Waals surface area (Å²) < 4.78 is 37.5. The molecule has 0 fully saturated rings. The van der Waals surface area contributed by atoms with Crippen molar-refractivity contribution in [3.63, 3.8) is 0 Å². The van der Waals surface area contributed by atoms with Gasteiger partial charge in [-0.05, 0) is 32.4 Å². The van der Waals surface area contributed by atoms with Crippen LogP contribution in [0.25, 0.3) is 0 Å². The van der Waals surface area contributed by atoms with Crippen LogP contribution in [-0.2, 0) is 9.84 Å². The Morgan fingerprint density at radius 3 is 2.25 bits per heavy atom. The molecule has 0 aliphatic rings. The fourth-order valence-corrected chi connectivity index (χ4v) is 3.90. The molecule has 112 valence electrons. The van der Waals surface area contributed by atoms with Gasteiger partial charge in [-0.15, -0.1) is 0 Å². The van der Waals surface area contributed by atoms with Crippen molar-refractivity contribution in [1.29, 1.82) is 5.41 Å². The van der Waals surface area contributed by atoms with Crippen LogP contribution in [0.15, 0.2) is 24.3 Å². The molecule has 0 aliphatic carbocycles. The highest BCUT2D eigenvalue weighted by Crippen LogP contribution is 2.32. The summed E-state index contributed by atoms with van der Waals surface area (Å²) in [7, 11) is -3.72. The monoisotopic (exact) mass is 300 g/mol. The van der Waals surface area contributed by atoms with Gasteiger partial charge in [-0.1, -0.05) is 25.1 Å². The van der Waals surface area contributed by atoms with Gasteiger partial charge in [0.15, 0.2) is 9.84 Å². The van der Waals surface area contributed by atoms with Gasteiger partial charge in [0, 0.05) is 5.92 Å². The van der Waals surface area contributed by atoms with E-state index in [4.69, 9.17) is 11.1 Å². The molecular weight excluding hydrogens is 279 g/mol. The predicted molar refractivity (Wildman–Crippen MR) is 79.2 cm³/mol. The van der Waals surface area contributed by atoms with Gasteiger partial charge in [0.2, 0.25) is 0 Å². The Labute approximate surface area is 119 Å². The maximum Gasteiger partial charge on any atom is 0.165 e. The number of nitrogens with two attached hydrogens (primary N) is 1. The molecule has 20 heavy (non-hydrogen) atoms. The van der Waals surface area contributed by atoms with Crippen molar-refractivity contribution >= 4 is 15.7 Å². The molecular formula is C14H21FN2O2S. The number of sulfone groups is 1. The molecule has 0 bridgehead atoms. The molecule has 0 radical (unpaired) electrons. The number of hydrogen-bond donors (Lipinski definition) is 2. The third kappa shape index (κ3) is 2.70. The molecule has 2 atom stereocenters. The van der Waals surface area contributed by atoms with E-state index < -0.39 is 37.4 Å². The standard InChI is InChI=1S/C14H21FN2O2S/c1-9(11-7-5-6-8-12(11)15)10(2)20(18,19)14(3,4)13(16)17/h5-10H,1-4H3,(H3,16,17)/t9-,10-/m1/s1. The van der Waals surface area contributed by atoms with Gasteiger partial charge in [0.1, 0.15) is 16.4 Å². The van der Waals surface area contributed by atoms with E-state index in [1.807, 2.05) is 0 Å². The predicted octanol–water partition coefficient (Wildman–Crippen LogP) is 2.45. The van der Waals surface area contributed by atoms with Gasteiger partial charge < -0.3 is 5.73 Å². The smallest absolute Gasteiger partial charge is 0.165 e. The Morgan fingerprint density at radius 1 is 1.30 bits per heavy atom. The Bertz CT molecular complexity index is 611. The summed E-state index contributed by atoms with van der Waals surface area (Å²) in [5, 5.41) is 6.61. The van der Waals surface area contributed by atoms with Crippen LogP contribution in [0.2, 0.25) is 0 Å². The molecule has 0 saturated carbocycles. The lowest BCUT2D eigenvalue weighted by molar-refractivity contribution is 0.539. The fourth-order valence-electron chi connectivity index (χ4n) is 1.98. The molecule has 0 unspecified atom stereocenters. The average molecular weight is 300 g/mol. The highest BCUT2D eigenvalue weighted by atomic mass is 32.2. The van der Waals surface area contributed by atoms with Gasteiger partial charge in [0.05, 0.1) is 5.25 Å². The van der Waals surface area contributed by atoms with Crippen molar-refractivity contribution in [1.82, 2.24) is 0 Å². The van der Waals surface area contributed by atoms with Crippen molar-refractivity contribution in [2.45, 2.75) is 43.6 Å². The van der Waals surface area contributed by atoms with Crippen LogP contribution in [0.4, 0.5) is 4.39 Å². The number of benzene rings is 1. The lowest BCUT2D eigenvalue weighted by Crippen LogP contribution is -2.49. The maximum absolute atomic E-state index is 13.8. The number of rotatable bonds is 5. The van der Waals surface area contributed by atoms with Crippen LogP contribution >= 0.6 is 0 Å². The lowest BCUT2D eigenvalue weighted by atomic mass is 9.98. The highest BCUT2D eigenvalue weighted by Gasteiger charge is 2.43. The first kappa shape index (κ1) is 16.6. The third-order valence-electron chi connectivity index (χ3n) is 3.95. The van der Waals surface area contributed by atoms with Crippen molar-refractivity contribution < 1.29 is 12.8 Å². The lowest BCUT2D eigenvalue weighted by Gasteiger charge is -2.30. The van der Waals surface area contributed by atoms with E-state index in [0.717, 1.165) is 0 Å². The molecule has 1 aromatic rings. The molecule has 0 spiro atoms. The first-order valence-electron chi connectivity index (χ1n) is 6.35. The van der Waals surface area contributed by atoms with E-state index in [0.29, 0.717) is 5.56 Å². The quantitative estimate of drug-likeness (QED) is 0.647. The summed E-state index contributed by atoms with van der Waals surface area (Å²) in [6.45, 7) is 5.98. The van der Waals surface area contributed by atoms with E-state index in [-0.39, 0.29) is 0 Å². The zero-order valence-corrected chi connectivity index (χ0v) is 13.0. The van der Waals surface area contributed by atoms with E-state index in [1.54, 1.807) is 25.1 Å². The number of amidine groups is 1. The molecule has 0 aliphatic heterocycles. The van der Waals surface area contributed by atoms with E-state index >= 15 is 0 Å². The largest absolute Gasteiger partial charge is 0.386 e.